The largest absolute Gasteiger partial charge is 0.379 e. The minimum atomic E-state index is -3.93. The fourth-order valence-corrected chi connectivity index (χ4v) is 5.49. The van der Waals surface area contributed by atoms with Crippen LogP contribution in [0.2, 0.25) is 0 Å². The van der Waals surface area contributed by atoms with Crippen LogP contribution in [-0.4, -0.2) is 49.9 Å². The smallest absolute Gasteiger partial charge is 0.261 e. The van der Waals surface area contributed by atoms with Crippen LogP contribution in [0.15, 0.2) is 52.7 Å². The van der Waals surface area contributed by atoms with Crippen LogP contribution in [0.25, 0.3) is 0 Å². The number of carbonyl (C=O) groups excluding carboxylic acids is 1. The number of benzene rings is 2. The Morgan fingerprint density at radius 3 is 2.48 bits per heavy atom. The van der Waals surface area contributed by atoms with E-state index in [1.165, 1.54) is 44.8 Å². The van der Waals surface area contributed by atoms with Gasteiger partial charge in [-0.05, 0) is 49.4 Å². The van der Waals surface area contributed by atoms with Gasteiger partial charge in [-0.1, -0.05) is 0 Å². The molecule has 0 N–H and O–H groups in total. The number of hydrogen-bond donors (Lipinski definition) is 0. The number of hydrogen-bond acceptors (Lipinski definition) is 6. The standard InChI is InChI=1S/C22H21F2N3O4S2/c1-15-25-17(14-32-15)13-27(18-4-2-16(23)3-5-18)22(28)20-12-19(6-7-21(20)24)33(29,30)26-8-10-31-11-9-26/h2-7,12,14H,8-11,13H2,1H3. The van der Waals surface area contributed by atoms with E-state index >= 15 is 0 Å². The maximum atomic E-state index is 14.8. The van der Waals surface area contributed by atoms with Gasteiger partial charge in [-0.15, -0.1) is 11.3 Å². The Labute approximate surface area is 194 Å². The number of carbonyl (C=O) groups is 1. The molecule has 1 aliphatic rings. The third-order valence-electron chi connectivity index (χ3n) is 5.15. The summed E-state index contributed by atoms with van der Waals surface area (Å²) >= 11 is 1.40. The van der Waals surface area contributed by atoms with E-state index in [-0.39, 0.29) is 37.7 Å². The predicted octanol–water partition coefficient (Wildman–Crippen LogP) is 3.60. The highest BCUT2D eigenvalue weighted by Crippen LogP contribution is 2.25. The van der Waals surface area contributed by atoms with Crippen LogP contribution >= 0.6 is 11.3 Å². The van der Waals surface area contributed by atoms with E-state index in [9.17, 15) is 22.0 Å². The highest BCUT2D eigenvalue weighted by molar-refractivity contribution is 7.89. The molecule has 0 aliphatic carbocycles. The fraction of sp³-hybridized carbons (Fsp3) is 0.273. The Kier molecular flexibility index (Phi) is 6.84. The average molecular weight is 494 g/mol. The van der Waals surface area contributed by atoms with Gasteiger partial charge >= 0.3 is 0 Å². The lowest BCUT2D eigenvalue weighted by Crippen LogP contribution is -2.40. The average Bonchev–Trinajstić information content (AvgIpc) is 3.23. The van der Waals surface area contributed by atoms with Crippen LogP contribution in [-0.2, 0) is 21.3 Å². The van der Waals surface area contributed by atoms with Gasteiger partial charge in [0.15, 0.2) is 0 Å². The second-order valence-electron chi connectivity index (χ2n) is 7.38. The van der Waals surface area contributed by atoms with Crippen molar-refractivity contribution in [2.45, 2.75) is 18.4 Å². The van der Waals surface area contributed by atoms with Gasteiger partial charge in [0.05, 0.1) is 40.9 Å². The van der Waals surface area contributed by atoms with Crippen molar-refractivity contribution in [3.05, 3.63) is 75.7 Å². The molecule has 1 saturated heterocycles. The number of nitrogens with zero attached hydrogens (tertiary/aromatic N) is 3. The summed E-state index contributed by atoms with van der Waals surface area (Å²) < 4.78 is 60.7. The topological polar surface area (TPSA) is 79.8 Å². The van der Waals surface area contributed by atoms with Gasteiger partial charge < -0.3 is 9.64 Å². The summed E-state index contributed by atoms with van der Waals surface area (Å²) in [7, 11) is -3.93. The molecule has 0 radical (unpaired) electrons. The first kappa shape index (κ1) is 23.4. The lowest BCUT2D eigenvalue weighted by atomic mass is 10.1. The summed E-state index contributed by atoms with van der Waals surface area (Å²) in [5.41, 5.74) is 0.501. The van der Waals surface area contributed by atoms with E-state index in [1.807, 2.05) is 6.92 Å². The van der Waals surface area contributed by atoms with E-state index in [0.29, 0.717) is 11.4 Å². The van der Waals surface area contributed by atoms with E-state index in [1.54, 1.807) is 5.38 Å². The second kappa shape index (κ2) is 9.64. The molecule has 7 nitrogen and oxygen atoms in total. The van der Waals surface area contributed by atoms with Crippen molar-refractivity contribution in [2.24, 2.45) is 0 Å². The molecule has 0 bridgehead atoms. The normalized spacial score (nSPS) is 14.9. The first-order valence-corrected chi connectivity index (χ1v) is 12.4. The summed E-state index contributed by atoms with van der Waals surface area (Å²) in [6.07, 6.45) is 0. The molecule has 0 spiro atoms. The van der Waals surface area contributed by atoms with Crippen LogP contribution < -0.4 is 4.90 Å². The van der Waals surface area contributed by atoms with E-state index in [4.69, 9.17) is 4.74 Å². The van der Waals surface area contributed by atoms with Crippen molar-refractivity contribution in [3.8, 4) is 0 Å². The fourth-order valence-electron chi connectivity index (χ4n) is 3.45. The lowest BCUT2D eigenvalue weighted by Gasteiger charge is -2.26. The summed E-state index contributed by atoms with van der Waals surface area (Å²) in [5, 5.41) is 2.57. The Morgan fingerprint density at radius 1 is 1.15 bits per heavy atom. The molecule has 1 aromatic heterocycles. The molecule has 0 unspecified atom stereocenters. The van der Waals surface area contributed by atoms with Crippen molar-refractivity contribution in [1.82, 2.24) is 9.29 Å². The molecule has 3 aromatic rings. The number of anilines is 1. The SMILES string of the molecule is Cc1nc(CN(C(=O)c2cc(S(=O)(=O)N3CCOCC3)ccc2F)c2ccc(F)cc2)cs1. The minimum Gasteiger partial charge on any atom is -0.379 e. The first-order chi connectivity index (χ1) is 15.8. The van der Waals surface area contributed by atoms with Crippen LogP contribution in [0.1, 0.15) is 21.1 Å². The van der Waals surface area contributed by atoms with Gasteiger partial charge in [0.25, 0.3) is 5.91 Å². The minimum absolute atomic E-state index is 0.00862. The summed E-state index contributed by atoms with van der Waals surface area (Å²) in [6.45, 7) is 2.70. The second-order valence-corrected chi connectivity index (χ2v) is 10.4. The maximum Gasteiger partial charge on any atom is 0.261 e. The van der Waals surface area contributed by atoms with Gasteiger partial charge in [0.1, 0.15) is 11.6 Å². The number of morpholine rings is 1. The Morgan fingerprint density at radius 2 is 1.85 bits per heavy atom. The van der Waals surface area contributed by atoms with Crippen LogP contribution in [0.4, 0.5) is 14.5 Å². The number of amides is 1. The summed E-state index contributed by atoms with van der Waals surface area (Å²) in [6, 6.07) is 8.34. The van der Waals surface area contributed by atoms with Crippen molar-refractivity contribution in [2.75, 3.05) is 31.2 Å². The molecule has 174 valence electrons. The number of rotatable bonds is 6. The molecule has 0 saturated carbocycles. The van der Waals surface area contributed by atoms with Gasteiger partial charge in [0, 0.05) is 24.2 Å². The molecular formula is C22H21F2N3O4S2. The van der Waals surface area contributed by atoms with Gasteiger partial charge in [-0.3, -0.25) is 4.79 Å². The number of halogens is 2. The molecule has 11 heteroatoms. The molecule has 1 aliphatic heterocycles. The Bertz CT molecular complexity index is 1260. The number of aryl methyl sites for hydroxylation is 1. The zero-order valence-electron chi connectivity index (χ0n) is 17.7. The molecule has 1 fully saturated rings. The first-order valence-electron chi connectivity index (χ1n) is 10.1. The lowest BCUT2D eigenvalue weighted by molar-refractivity contribution is 0.0730. The highest BCUT2D eigenvalue weighted by Gasteiger charge is 2.29. The molecule has 2 heterocycles. The monoisotopic (exact) mass is 493 g/mol. The third-order valence-corrected chi connectivity index (χ3v) is 7.86. The van der Waals surface area contributed by atoms with Gasteiger partial charge in [-0.2, -0.15) is 4.31 Å². The van der Waals surface area contributed by atoms with Gasteiger partial charge in [0.2, 0.25) is 10.0 Å². The number of ether oxygens (including phenoxy) is 1. The maximum absolute atomic E-state index is 14.8. The molecule has 1 amide bonds. The predicted molar refractivity (Wildman–Crippen MR) is 120 cm³/mol. The van der Waals surface area contributed by atoms with Crippen molar-refractivity contribution in [1.29, 1.82) is 0 Å². The van der Waals surface area contributed by atoms with E-state index in [2.05, 4.69) is 4.98 Å². The number of aromatic nitrogens is 1. The van der Waals surface area contributed by atoms with Crippen molar-refractivity contribution in [3.63, 3.8) is 0 Å². The van der Waals surface area contributed by atoms with Crippen LogP contribution in [0.3, 0.4) is 0 Å². The van der Waals surface area contributed by atoms with E-state index < -0.39 is 33.1 Å². The highest BCUT2D eigenvalue weighted by atomic mass is 32.2. The number of sulfonamides is 1. The Balaban J connectivity index is 1.72. The summed E-state index contributed by atoms with van der Waals surface area (Å²) in [5.74, 6) is -2.10. The van der Waals surface area contributed by atoms with Gasteiger partial charge in [-0.25, -0.2) is 22.2 Å². The van der Waals surface area contributed by atoms with Crippen LogP contribution in [0, 0.1) is 18.6 Å². The van der Waals surface area contributed by atoms with Crippen molar-refractivity contribution >= 4 is 33.0 Å². The molecule has 4 rings (SSSR count). The molecule has 33 heavy (non-hydrogen) atoms. The van der Waals surface area contributed by atoms with Crippen molar-refractivity contribution < 1.29 is 26.7 Å². The summed E-state index contributed by atoms with van der Waals surface area (Å²) in [4.78, 5) is 18.9. The zero-order valence-corrected chi connectivity index (χ0v) is 19.3. The molecule has 0 atom stereocenters. The third kappa shape index (κ3) is 5.11. The quantitative estimate of drug-likeness (QED) is 0.524. The molecular weight excluding hydrogens is 472 g/mol. The number of thiazole rings is 1. The molecule has 2 aromatic carbocycles. The Hall–Kier alpha value is -2.73. The van der Waals surface area contributed by atoms with Crippen LogP contribution in [0.5, 0.6) is 0 Å². The van der Waals surface area contributed by atoms with E-state index in [0.717, 1.165) is 23.2 Å². The zero-order chi connectivity index (χ0) is 23.6.